The van der Waals surface area contributed by atoms with Gasteiger partial charge in [-0.2, -0.15) is 5.06 Å². The monoisotopic (exact) mass is 159 g/mol. The van der Waals surface area contributed by atoms with Crippen LogP contribution in [0.5, 0.6) is 0 Å². The lowest BCUT2D eigenvalue weighted by Gasteiger charge is -2.14. The fourth-order valence-corrected chi connectivity index (χ4v) is 0.803. The molecule has 0 aromatic carbocycles. The third kappa shape index (κ3) is 7.82. The maximum absolute atomic E-state index is 5.37. The van der Waals surface area contributed by atoms with Crippen molar-refractivity contribution in [3.8, 4) is 0 Å². The van der Waals surface area contributed by atoms with Crippen LogP contribution >= 0.6 is 0 Å². The van der Waals surface area contributed by atoms with Gasteiger partial charge in [-0.25, -0.2) is 0 Å². The number of nitrogens with zero attached hydrogens (tertiary/aromatic N) is 1. The molecule has 0 fully saturated rings. The molecule has 68 valence electrons. The highest BCUT2D eigenvalue weighted by Crippen LogP contribution is 2.03. The van der Waals surface area contributed by atoms with E-state index in [1.165, 1.54) is 12.8 Å². The largest absolute Gasteiger partial charge is 0.299 e. The van der Waals surface area contributed by atoms with E-state index in [0.717, 1.165) is 19.1 Å². The molecule has 0 spiro atoms. The number of hydrogen-bond donors (Lipinski definition) is 0. The zero-order valence-electron chi connectivity index (χ0n) is 8.26. The molecule has 0 bridgehead atoms. The van der Waals surface area contributed by atoms with Gasteiger partial charge in [0.15, 0.2) is 0 Å². The Morgan fingerprint density at radius 3 is 2.45 bits per heavy atom. The Hall–Kier alpha value is -0.0800. The first-order valence-electron chi connectivity index (χ1n) is 4.50. The summed E-state index contributed by atoms with van der Waals surface area (Å²) in [5.74, 6) is 0.797. The summed E-state index contributed by atoms with van der Waals surface area (Å²) in [6.45, 7) is 8.39. The van der Waals surface area contributed by atoms with Crippen molar-refractivity contribution in [3.63, 3.8) is 0 Å². The van der Waals surface area contributed by atoms with Gasteiger partial charge in [0, 0.05) is 13.6 Å². The summed E-state index contributed by atoms with van der Waals surface area (Å²) >= 11 is 0. The third-order valence-electron chi connectivity index (χ3n) is 1.68. The predicted octanol–water partition coefficient (Wildman–Crippen LogP) is 2.31. The lowest BCUT2D eigenvalue weighted by atomic mass is 10.1. The van der Waals surface area contributed by atoms with Crippen LogP contribution in [0.4, 0.5) is 0 Å². The molecule has 0 heterocycles. The molecule has 0 saturated carbocycles. The van der Waals surface area contributed by atoms with Crippen molar-refractivity contribution in [1.82, 2.24) is 5.06 Å². The van der Waals surface area contributed by atoms with Gasteiger partial charge in [-0.1, -0.05) is 20.8 Å². The second kappa shape index (κ2) is 6.62. The fraction of sp³-hybridized carbons (Fsp3) is 1.00. The first-order chi connectivity index (χ1) is 5.16. The van der Waals surface area contributed by atoms with E-state index >= 15 is 0 Å². The minimum absolute atomic E-state index is 0.797. The molecule has 0 unspecified atom stereocenters. The maximum atomic E-state index is 5.37. The van der Waals surface area contributed by atoms with E-state index in [9.17, 15) is 0 Å². The third-order valence-corrected chi connectivity index (χ3v) is 1.68. The highest BCUT2D eigenvalue weighted by molar-refractivity contribution is 4.43. The van der Waals surface area contributed by atoms with Crippen LogP contribution in [-0.4, -0.2) is 25.3 Å². The molecule has 11 heavy (non-hydrogen) atoms. The summed E-state index contributed by atoms with van der Waals surface area (Å²) in [4.78, 5) is 5.37. The van der Waals surface area contributed by atoms with Crippen LogP contribution in [0.2, 0.25) is 0 Å². The molecule has 0 saturated heterocycles. The molecule has 0 rings (SSSR count). The highest BCUT2D eigenvalue weighted by atomic mass is 16.7. The molecule has 0 aliphatic heterocycles. The second-order valence-electron chi connectivity index (χ2n) is 3.31. The van der Waals surface area contributed by atoms with Crippen LogP contribution in [0.25, 0.3) is 0 Å². The normalized spacial score (nSPS) is 11.5. The van der Waals surface area contributed by atoms with Crippen molar-refractivity contribution in [2.45, 2.75) is 33.6 Å². The number of rotatable bonds is 6. The highest BCUT2D eigenvalue weighted by Gasteiger charge is 1.96. The van der Waals surface area contributed by atoms with Crippen molar-refractivity contribution in [3.05, 3.63) is 0 Å². The van der Waals surface area contributed by atoms with Crippen molar-refractivity contribution < 1.29 is 4.84 Å². The second-order valence-corrected chi connectivity index (χ2v) is 3.31. The minimum atomic E-state index is 0.797. The fourth-order valence-electron chi connectivity index (χ4n) is 0.803. The van der Waals surface area contributed by atoms with Gasteiger partial charge in [-0.05, 0) is 18.8 Å². The van der Waals surface area contributed by atoms with Gasteiger partial charge in [-0.15, -0.1) is 0 Å². The van der Waals surface area contributed by atoms with E-state index in [2.05, 4.69) is 20.8 Å². The molecule has 2 nitrogen and oxygen atoms in total. The zero-order chi connectivity index (χ0) is 8.69. The van der Waals surface area contributed by atoms with Crippen LogP contribution in [0.15, 0.2) is 0 Å². The van der Waals surface area contributed by atoms with Gasteiger partial charge < -0.3 is 0 Å². The van der Waals surface area contributed by atoms with Crippen molar-refractivity contribution in [2.75, 3.05) is 20.2 Å². The maximum Gasteiger partial charge on any atom is 0.0685 e. The summed E-state index contributed by atoms with van der Waals surface area (Å²) in [6.07, 6.45) is 2.43. The molecule has 0 aliphatic carbocycles. The summed E-state index contributed by atoms with van der Waals surface area (Å²) in [7, 11) is 1.97. The van der Waals surface area contributed by atoms with Gasteiger partial charge in [0.25, 0.3) is 0 Å². The van der Waals surface area contributed by atoms with Crippen LogP contribution in [0, 0.1) is 5.92 Å². The summed E-state index contributed by atoms with van der Waals surface area (Å²) in [5.41, 5.74) is 0. The first-order valence-corrected chi connectivity index (χ1v) is 4.50. The minimum Gasteiger partial charge on any atom is -0.299 e. The molecular weight excluding hydrogens is 138 g/mol. The lowest BCUT2D eigenvalue weighted by molar-refractivity contribution is -0.137. The number of hydroxylamine groups is 2. The smallest absolute Gasteiger partial charge is 0.0685 e. The van der Waals surface area contributed by atoms with E-state index in [4.69, 9.17) is 4.84 Å². The van der Waals surface area contributed by atoms with Gasteiger partial charge in [0.1, 0.15) is 0 Å². The molecule has 0 N–H and O–H groups in total. The zero-order valence-corrected chi connectivity index (χ0v) is 8.26. The molecule has 0 amide bonds. The lowest BCUT2D eigenvalue weighted by Crippen LogP contribution is -2.18. The van der Waals surface area contributed by atoms with E-state index in [1.54, 1.807) is 0 Å². The van der Waals surface area contributed by atoms with Crippen LogP contribution in [0.3, 0.4) is 0 Å². The van der Waals surface area contributed by atoms with Crippen molar-refractivity contribution >= 4 is 0 Å². The van der Waals surface area contributed by atoms with E-state index in [1.807, 2.05) is 12.1 Å². The standard InChI is InChI=1S/C9H21NO/c1-5-10(4)11-8-6-7-9(2)3/h9H,5-8H2,1-4H3. The topological polar surface area (TPSA) is 12.5 Å². The van der Waals surface area contributed by atoms with Gasteiger partial charge in [0.05, 0.1) is 6.61 Å². The molecule has 0 radical (unpaired) electrons. The molecule has 2 heteroatoms. The molecule has 0 aliphatic rings. The summed E-state index contributed by atoms with van der Waals surface area (Å²) in [6, 6.07) is 0. The molecule has 0 aromatic heterocycles. The summed E-state index contributed by atoms with van der Waals surface area (Å²) in [5, 5.41) is 1.88. The average Bonchev–Trinajstić information content (AvgIpc) is 1.97. The van der Waals surface area contributed by atoms with Crippen molar-refractivity contribution in [2.24, 2.45) is 5.92 Å². The Labute approximate surface area is 70.5 Å². The van der Waals surface area contributed by atoms with Crippen LogP contribution < -0.4 is 0 Å². The number of hydrogen-bond acceptors (Lipinski definition) is 2. The van der Waals surface area contributed by atoms with Gasteiger partial charge >= 0.3 is 0 Å². The Bertz CT molecular complexity index is 83.6. The van der Waals surface area contributed by atoms with Crippen LogP contribution in [0.1, 0.15) is 33.6 Å². The Balaban J connectivity index is 3.01. The van der Waals surface area contributed by atoms with Crippen molar-refractivity contribution in [1.29, 1.82) is 0 Å². The van der Waals surface area contributed by atoms with E-state index in [0.29, 0.717) is 0 Å². The Kier molecular flexibility index (Phi) is 6.57. The Morgan fingerprint density at radius 2 is 2.00 bits per heavy atom. The quantitative estimate of drug-likeness (QED) is 0.435. The van der Waals surface area contributed by atoms with Gasteiger partial charge in [-0.3, -0.25) is 4.84 Å². The SMILES string of the molecule is CCN(C)OCCCC(C)C. The van der Waals surface area contributed by atoms with Crippen LogP contribution in [-0.2, 0) is 4.84 Å². The van der Waals surface area contributed by atoms with Gasteiger partial charge in [0.2, 0.25) is 0 Å². The average molecular weight is 159 g/mol. The summed E-state index contributed by atoms with van der Waals surface area (Å²) < 4.78 is 0. The van der Waals surface area contributed by atoms with E-state index < -0.39 is 0 Å². The van der Waals surface area contributed by atoms with E-state index in [-0.39, 0.29) is 0 Å². The Morgan fingerprint density at radius 1 is 1.36 bits per heavy atom. The predicted molar refractivity (Wildman–Crippen MR) is 48.3 cm³/mol. The molecule has 0 atom stereocenters. The molecule has 0 aromatic rings. The molecular formula is C9H21NO. The first kappa shape index (κ1) is 10.9.